The zero-order valence-corrected chi connectivity index (χ0v) is 10.2. The van der Waals surface area contributed by atoms with Crippen LogP contribution in [0, 0.1) is 5.82 Å². The van der Waals surface area contributed by atoms with E-state index < -0.39 is 0 Å². The highest BCUT2D eigenvalue weighted by Gasteiger charge is 1.99. The minimum Gasteiger partial charge on any atom is -0.493 e. The van der Waals surface area contributed by atoms with Crippen molar-refractivity contribution in [1.82, 2.24) is 0 Å². The predicted molar refractivity (Wildman–Crippen MR) is 65.6 cm³/mol. The van der Waals surface area contributed by atoms with E-state index in [1.807, 2.05) is 6.92 Å². The molecule has 17 heavy (non-hydrogen) atoms. The van der Waals surface area contributed by atoms with Crippen LogP contribution in [0.2, 0.25) is 0 Å². The van der Waals surface area contributed by atoms with E-state index in [4.69, 9.17) is 15.2 Å². The molecular weight excluding hydrogens is 221 g/mol. The van der Waals surface area contributed by atoms with Crippen LogP contribution in [0.3, 0.4) is 0 Å². The molecule has 0 aliphatic heterocycles. The summed E-state index contributed by atoms with van der Waals surface area (Å²) in [7, 11) is 0. The fraction of sp³-hybridized carbons (Fsp3) is 0.538. The molecule has 1 rings (SSSR count). The third-order valence-corrected chi connectivity index (χ3v) is 2.35. The zero-order valence-electron chi connectivity index (χ0n) is 10.2. The van der Waals surface area contributed by atoms with Crippen molar-refractivity contribution in [3.8, 4) is 5.75 Å². The van der Waals surface area contributed by atoms with E-state index in [2.05, 4.69) is 0 Å². The van der Waals surface area contributed by atoms with E-state index in [9.17, 15) is 4.39 Å². The first kappa shape index (κ1) is 13.9. The van der Waals surface area contributed by atoms with Gasteiger partial charge in [0, 0.05) is 25.1 Å². The Morgan fingerprint density at radius 1 is 1.35 bits per heavy atom. The van der Waals surface area contributed by atoms with Crippen LogP contribution in [-0.4, -0.2) is 25.9 Å². The van der Waals surface area contributed by atoms with Crippen LogP contribution < -0.4 is 10.5 Å². The Kier molecular flexibility index (Phi) is 6.58. The topological polar surface area (TPSA) is 44.5 Å². The van der Waals surface area contributed by atoms with Crippen LogP contribution in [0.1, 0.15) is 19.8 Å². The van der Waals surface area contributed by atoms with Crippen LogP contribution >= 0.6 is 0 Å². The monoisotopic (exact) mass is 241 g/mol. The second kappa shape index (κ2) is 8.03. The third kappa shape index (κ3) is 6.24. The van der Waals surface area contributed by atoms with Crippen molar-refractivity contribution in [3.05, 3.63) is 30.1 Å². The van der Waals surface area contributed by atoms with Crippen LogP contribution in [-0.2, 0) is 4.74 Å². The van der Waals surface area contributed by atoms with Gasteiger partial charge in [-0.25, -0.2) is 4.39 Å². The molecule has 96 valence electrons. The van der Waals surface area contributed by atoms with Crippen LogP contribution in [0.15, 0.2) is 24.3 Å². The lowest BCUT2D eigenvalue weighted by molar-refractivity contribution is 0.107. The van der Waals surface area contributed by atoms with E-state index in [1.54, 1.807) is 12.1 Å². The molecule has 4 heteroatoms. The van der Waals surface area contributed by atoms with Crippen LogP contribution in [0.25, 0.3) is 0 Å². The lowest BCUT2D eigenvalue weighted by Gasteiger charge is -2.10. The van der Waals surface area contributed by atoms with E-state index in [0.29, 0.717) is 25.6 Å². The Morgan fingerprint density at radius 3 is 2.88 bits per heavy atom. The molecule has 0 spiro atoms. The summed E-state index contributed by atoms with van der Waals surface area (Å²) in [4.78, 5) is 0. The number of nitrogens with two attached hydrogens (primary N) is 1. The second-order valence-electron chi connectivity index (χ2n) is 3.90. The summed E-state index contributed by atoms with van der Waals surface area (Å²) in [5.74, 6) is 0.267. The fourth-order valence-electron chi connectivity index (χ4n) is 1.26. The van der Waals surface area contributed by atoms with Crippen molar-refractivity contribution in [1.29, 1.82) is 0 Å². The van der Waals surface area contributed by atoms with Gasteiger partial charge in [-0.05, 0) is 18.6 Å². The molecule has 0 radical (unpaired) electrons. The van der Waals surface area contributed by atoms with Crippen molar-refractivity contribution in [3.63, 3.8) is 0 Å². The average Bonchev–Trinajstić information content (AvgIpc) is 2.33. The van der Waals surface area contributed by atoms with E-state index in [0.717, 1.165) is 12.8 Å². The summed E-state index contributed by atoms with van der Waals surface area (Å²) < 4.78 is 23.5. The first-order valence-corrected chi connectivity index (χ1v) is 5.94. The summed E-state index contributed by atoms with van der Waals surface area (Å²) in [5, 5.41) is 0. The Hall–Kier alpha value is -1.13. The minimum absolute atomic E-state index is 0.110. The fourth-order valence-corrected chi connectivity index (χ4v) is 1.26. The van der Waals surface area contributed by atoms with Gasteiger partial charge in [0.15, 0.2) is 0 Å². The van der Waals surface area contributed by atoms with Gasteiger partial charge in [0.1, 0.15) is 11.6 Å². The molecule has 1 aromatic rings. The van der Waals surface area contributed by atoms with Gasteiger partial charge in [-0.15, -0.1) is 0 Å². The molecular formula is C13H20FNO2. The van der Waals surface area contributed by atoms with Gasteiger partial charge < -0.3 is 15.2 Å². The quantitative estimate of drug-likeness (QED) is 0.710. The highest BCUT2D eigenvalue weighted by molar-refractivity contribution is 5.22. The van der Waals surface area contributed by atoms with E-state index in [1.165, 1.54) is 12.1 Å². The van der Waals surface area contributed by atoms with Crippen molar-refractivity contribution < 1.29 is 13.9 Å². The lowest BCUT2D eigenvalue weighted by atomic mass is 10.3. The van der Waals surface area contributed by atoms with Gasteiger partial charge in [-0.3, -0.25) is 0 Å². The van der Waals surface area contributed by atoms with Crippen LogP contribution in [0.4, 0.5) is 4.39 Å². The van der Waals surface area contributed by atoms with E-state index in [-0.39, 0.29) is 11.9 Å². The summed E-state index contributed by atoms with van der Waals surface area (Å²) in [6.45, 7) is 3.74. The maximum Gasteiger partial charge on any atom is 0.126 e. The predicted octanol–water partition coefficient (Wildman–Crippen LogP) is 2.35. The smallest absolute Gasteiger partial charge is 0.126 e. The number of hydrogen-bond acceptors (Lipinski definition) is 3. The molecule has 1 atom stereocenters. The standard InChI is InChI=1S/C13H20FNO2/c1-2-12(15)10-16-7-4-8-17-13-6-3-5-11(14)9-13/h3,5-6,9,12H,2,4,7-8,10,15H2,1H3. The molecule has 3 nitrogen and oxygen atoms in total. The maximum atomic E-state index is 12.8. The normalized spacial score (nSPS) is 12.4. The molecule has 0 amide bonds. The van der Waals surface area contributed by atoms with Gasteiger partial charge in [0.2, 0.25) is 0 Å². The third-order valence-electron chi connectivity index (χ3n) is 2.35. The largest absolute Gasteiger partial charge is 0.493 e. The average molecular weight is 241 g/mol. The van der Waals surface area contributed by atoms with Gasteiger partial charge >= 0.3 is 0 Å². The van der Waals surface area contributed by atoms with Crippen molar-refractivity contribution in [2.75, 3.05) is 19.8 Å². The molecule has 0 heterocycles. The van der Waals surface area contributed by atoms with Gasteiger partial charge in [-0.2, -0.15) is 0 Å². The summed E-state index contributed by atoms with van der Waals surface area (Å²) in [6.07, 6.45) is 1.69. The first-order valence-electron chi connectivity index (χ1n) is 5.94. The zero-order chi connectivity index (χ0) is 12.5. The Balaban J connectivity index is 2.05. The molecule has 0 saturated carbocycles. The Labute approximate surface area is 102 Å². The van der Waals surface area contributed by atoms with Gasteiger partial charge in [-0.1, -0.05) is 13.0 Å². The molecule has 1 aromatic carbocycles. The SMILES string of the molecule is CCC(N)COCCCOc1cccc(F)c1. The molecule has 0 bridgehead atoms. The molecule has 0 aliphatic rings. The summed E-state index contributed by atoms with van der Waals surface area (Å²) in [6, 6.07) is 6.23. The molecule has 1 unspecified atom stereocenters. The highest BCUT2D eigenvalue weighted by atomic mass is 19.1. The summed E-state index contributed by atoms with van der Waals surface area (Å²) >= 11 is 0. The molecule has 0 fully saturated rings. The highest BCUT2D eigenvalue weighted by Crippen LogP contribution is 2.11. The maximum absolute atomic E-state index is 12.8. The van der Waals surface area contributed by atoms with Gasteiger partial charge in [0.05, 0.1) is 13.2 Å². The van der Waals surface area contributed by atoms with Crippen LogP contribution in [0.5, 0.6) is 5.75 Å². The molecule has 0 aromatic heterocycles. The van der Waals surface area contributed by atoms with Crippen molar-refractivity contribution in [2.45, 2.75) is 25.8 Å². The van der Waals surface area contributed by atoms with Crippen molar-refractivity contribution in [2.24, 2.45) is 5.73 Å². The lowest BCUT2D eigenvalue weighted by Crippen LogP contribution is -2.25. The number of rotatable bonds is 8. The minimum atomic E-state index is -0.285. The Morgan fingerprint density at radius 2 is 2.18 bits per heavy atom. The number of benzene rings is 1. The number of ether oxygens (including phenoxy) is 2. The first-order chi connectivity index (χ1) is 8.22. The number of halogens is 1. The summed E-state index contributed by atoms with van der Waals surface area (Å²) in [5.41, 5.74) is 5.70. The van der Waals surface area contributed by atoms with Crippen molar-refractivity contribution >= 4 is 0 Å². The number of hydrogen-bond donors (Lipinski definition) is 1. The molecule has 2 N–H and O–H groups in total. The Bertz CT molecular complexity index is 320. The molecule has 0 aliphatic carbocycles. The molecule has 0 saturated heterocycles. The van der Waals surface area contributed by atoms with Gasteiger partial charge in [0.25, 0.3) is 0 Å². The second-order valence-corrected chi connectivity index (χ2v) is 3.90. The van der Waals surface area contributed by atoms with E-state index >= 15 is 0 Å².